The zero-order valence-electron chi connectivity index (χ0n) is 13.9. The van der Waals surface area contributed by atoms with Gasteiger partial charge in [-0.3, -0.25) is 4.79 Å². The molecule has 0 N–H and O–H groups in total. The van der Waals surface area contributed by atoms with Gasteiger partial charge in [0, 0.05) is 15.3 Å². The number of nitrogens with zero attached hydrogens (tertiary/aromatic N) is 1. The van der Waals surface area contributed by atoms with Crippen molar-refractivity contribution in [2.45, 2.75) is 23.7 Å². The van der Waals surface area contributed by atoms with E-state index < -0.39 is 20.5 Å². The minimum atomic E-state index is -4.68. The molecule has 0 radical (unpaired) electrons. The fourth-order valence-electron chi connectivity index (χ4n) is 2.45. The van der Waals surface area contributed by atoms with Gasteiger partial charge in [0.05, 0.1) is 18.0 Å². The van der Waals surface area contributed by atoms with Crippen LogP contribution in [0.5, 0.6) is 0 Å². The van der Waals surface area contributed by atoms with Gasteiger partial charge in [0.1, 0.15) is 0 Å². The first-order chi connectivity index (χ1) is 12.9. The molecular weight excluding hydrogens is 412 g/mol. The largest absolute Gasteiger partial charge is 0.341 e. The fourth-order valence-corrected chi connectivity index (χ4v) is 4.61. The highest BCUT2D eigenvalue weighted by Gasteiger charge is 2.27. The number of rotatable bonds is 7. The molecule has 1 amide bonds. The number of halogens is 2. The van der Waals surface area contributed by atoms with Gasteiger partial charge in [0.2, 0.25) is 9.84 Å². The van der Waals surface area contributed by atoms with Gasteiger partial charge in [-0.2, -0.15) is 8.78 Å². The highest BCUT2D eigenvalue weighted by molar-refractivity contribution is 7.91. The molecule has 0 spiro atoms. The summed E-state index contributed by atoms with van der Waals surface area (Å²) in [6, 6.07) is 12.3. The minimum absolute atomic E-state index is 0.247. The molecule has 0 bridgehead atoms. The van der Waals surface area contributed by atoms with Crippen molar-refractivity contribution < 1.29 is 22.0 Å². The number of amides is 1. The third-order valence-corrected chi connectivity index (χ3v) is 6.93. The van der Waals surface area contributed by atoms with Crippen molar-refractivity contribution >= 4 is 38.4 Å². The number of hydrogen-bond donors (Lipinski definition) is 0. The van der Waals surface area contributed by atoms with Crippen molar-refractivity contribution in [3.63, 3.8) is 0 Å². The van der Waals surface area contributed by atoms with Crippen LogP contribution < -0.4 is 0 Å². The molecule has 0 aliphatic rings. The van der Waals surface area contributed by atoms with Gasteiger partial charge in [0.25, 0.3) is 5.91 Å². The Bertz CT molecular complexity index is 947. The van der Waals surface area contributed by atoms with Crippen LogP contribution in [-0.4, -0.2) is 25.0 Å². The van der Waals surface area contributed by atoms with Crippen molar-refractivity contribution in [3.8, 4) is 0 Å². The first kappa shape index (κ1) is 19.7. The Morgan fingerprint density at radius 1 is 0.926 bits per heavy atom. The summed E-state index contributed by atoms with van der Waals surface area (Å²) in [7, 11) is -4.68. The lowest BCUT2D eigenvalue weighted by molar-refractivity contribution is 0.0733. The normalized spacial score (nSPS) is 11.7. The number of benzene rings is 1. The van der Waals surface area contributed by atoms with E-state index in [1.54, 1.807) is 4.90 Å². The highest BCUT2D eigenvalue weighted by Crippen LogP contribution is 2.22. The topological polar surface area (TPSA) is 54.5 Å². The van der Waals surface area contributed by atoms with Gasteiger partial charge < -0.3 is 4.90 Å². The smallest absolute Gasteiger partial charge is 0.328 e. The molecule has 3 aromatic rings. The fraction of sp³-hybridized carbons (Fsp3) is 0.167. The molecule has 0 fully saturated rings. The molecule has 0 saturated carbocycles. The molecule has 4 nitrogen and oxygen atoms in total. The summed E-state index contributed by atoms with van der Waals surface area (Å²) in [6.07, 6.45) is 0. The van der Waals surface area contributed by atoms with Gasteiger partial charge in [-0.1, -0.05) is 12.1 Å². The minimum Gasteiger partial charge on any atom is -0.328 e. The summed E-state index contributed by atoms with van der Waals surface area (Å²) in [4.78, 5) is 16.1. The van der Waals surface area contributed by atoms with Gasteiger partial charge in [0.15, 0.2) is 0 Å². The molecule has 3 rings (SSSR count). The molecule has 2 aromatic heterocycles. The lowest BCUT2D eigenvalue weighted by Gasteiger charge is -2.22. The second kappa shape index (κ2) is 8.28. The van der Waals surface area contributed by atoms with E-state index in [4.69, 9.17) is 0 Å². The molecule has 0 saturated heterocycles. The summed E-state index contributed by atoms with van der Waals surface area (Å²) in [5.41, 5.74) is 0.247. The van der Waals surface area contributed by atoms with E-state index >= 15 is 0 Å². The van der Waals surface area contributed by atoms with E-state index in [9.17, 15) is 22.0 Å². The monoisotopic (exact) mass is 427 g/mol. The predicted molar refractivity (Wildman–Crippen MR) is 102 cm³/mol. The van der Waals surface area contributed by atoms with Crippen LogP contribution in [0.2, 0.25) is 0 Å². The van der Waals surface area contributed by atoms with Crippen LogP contribution in [-0.2, 0) is 22.9 Å². The van der Waals surface area contributed by atoms with E-state index in [1.165, 1.54) is 34.8 Å². The quantitative estimate of drug-likeness (QED) is 0.552. The first-order valence-corrected chi connectivity index (χ1v) is 11.1. The van der Waals surface area contributed by atoms with E-state index in [-0.39, 0.29) is 11.5 Å². The van der Waals surface area contributed by atoms with Crippen LogP contribution >= 0.6 is 22.7 Å². The second-order valence-electron chi connectivity index (χ2n) is 5.65. The Kier molecular flexibility index (Phi) is 6.03. The number of carbonyl (C=O) groups excluding carboxylic acids is 1. The summed E-state index contributed by atoms with van der Waals surface area (Å²) < 4.78 is 48.4. The second-order valence-corrected chi connectivity index (χ2v) is 9.63. The van der Waals surface area contributed by atoms with Gasteiger partial charge >= 0.3 is 5.76 Å². The number of hydrogen-bond acceptors (Lipinski definition) is 5. The Morgan fingerprint density at radius 2 is 1.44 bits per heavy atom. The highest BCUT2D eigenvalue weighted by atomic mass is 32.2. The van der Waals surface area contributed by atoms with Crippen LogP contribution in [0.1, 0.15) is 20.1 Å². The van der Waals surface area contributed by atoms with Crippen LogP contribution in [0, 0.1) is 0 Å². The van der Waals surface area contributed by atoms with E-state index in [0.717, 1.165) is 21.9 Å². The van der Waals surface area contributed by atoms with Crippen molar-refractivity contribution in [3.05, 3.63) is 74.6 Å². The third kappa shape index (κ3) is 4.60. The predicted octanol–water partition coefficient (Wildman–Crippen LogP) is 4.65. The van der Waals surface area contributed by atoms with Crippen LogP contribution in [0.15, 0.2) is 64.2 Å². The summed E-state index contributed by atoms with van der Waals surface area (Å²) >= 11 is 3.06. The average Bonchev–Trinajstić information content (AvgIpc) is 3.34. The van der Waals surface area contributed by atoms with Crippen molar-refractivity contribution in [2.24, 2.45) is 0 Å². The number of thiophene rings is 2. The molecule has 0 aliphatic carbocycles. The zero-order valence-corrected chi connectivity index (χ0v) is 16.4. The first-order valence-electron chi connectivity index (χ1n) is 7.84. The van der Waals surface area contributed by atoms with Crippen LogP contribution in [0.4, 0.5) is 8.78 Å². The standard InChI is InChI=1S/C18H15F2NO3S3/c19-18(20)27(23,24)16-7-5-13(6-8-16)17(22)21(11-14-3-1-9-25-14)12-15-4-2-10-26-15/h1-10,18H,11-12H2. The average molecular weight is 428 g/mol. The van der Waals surface area contributed by atoms with Crippen LogP contribution in [0.3, 0.4) is 0 Å². The number of carbonyl (C=O) groups is 1. The van der Waals surface area contributed by atoms with Crippen molar-refractivity contribution in [2.75, 3.05) is 0 Å². The maximum Gasteiger partial charge on any atom is 0.341 e. The Morgan fingerprint density at radius 3 is 1.85 bits per heavy atom. The maximum atomic E-state index is 12.9. The summed E-state index contributed by atoms with van der Waals surface area (Å²) in [5, 5.41) is 3.85. The molecular formula is C18H15F2NO3S3. The lowest BCUT2D eigenvalue weighted by atomic mass is 10.2. The molecule has 142 valence electrons. The molecule has 0 unspecified atom stereocenters. The Labute approximate surface area is 163 Å². The Balaban J connectivity index is 1.84. The molecule has 0 aliphatic heterocycles. The molecule has 27 heavy (non-hydrogen) atoms. The summed E-state index contributed by atoms with van der Waals surface area (Å²) in [5.74, 6) is -3.79. The third-order valence-electron chi connectivity index (χ3n) is 3.81. The Hall–Kier alpha value is -2.10. The van der Waals surface area contributed by atoms with E-state index in [0.29, 0.717) is 13.1 Å². The molecule has 9 heteroatoms. The molecule has 1 aromatic carbocycles. The van der Waals surface area contributed by atoms with E-state index in [1.807, 2.05) is 35.0 Å². The number of sulfone groups is 1. The number of alkyl halides is 2. The van der Waals surface area contributed by atoms with E-state index in [2.05, 4.69) is 0 Å². The van der Waals surface area contributed by atoms with Crippen molar-refractivity contribution in [1.29, 1.82) is 0 Å². The maximum absolute atomic E-state index is 12.9. The van der Waals surface area contributed by atoms with Gasteiger partial charge in [-0.15, -0.1) is 22.7 Å². The molecule has 2 heterocycles. The summed E-state index contributed by atoms with van der Waals surface area (Å²) in [6.45, 7) is 0.816. The van der Waals surface area contributed by atoms with Crippen molar-refractivity contribution in [1.82, 2.24) is 4.90 Å². The molecule has 0 atom stereocenters. The SMILES string of the molecule is O=C(c1ccc(S(=O)(=O)C(F)F)cc1)N(Cc1cccs1)Cc1cccs1. The zero-order chi connectivity index (χ0) is 19.4. The lowest BCUT2D eigenvalue weighted by Crippen LogP contribution is -2.29. The van der Waals surface area contributed by atoms with Gasteiger partial charge in [-0.05, 0) is 47.2 Å². The van der Waals surface area contributed by atoms with Gasteiger partial charge in [-0.25, -0.2) is 8.42 Å². The van der Waals surface area contributed by atoms with Crippen LogP contribution in [0.25, 0.3) is 0 Å².